The number of aryl methyl sites for hydroxylation is 1. The van der Waals surface area contributed by atoms with Crippen molar-refractivity contribution in [3.8, 4) is 11.5 Å². The third kappa shape index (κ3) is 4.66. The highest BCUT2D eigenvalue weighted by Crippen LogP contribution is 2.21. The van der Waals surface area contributed by atoms with Gasteiger partial charge in [-0.15, -0.1) is 0 Å². The molecule has 0 atom stereocenters. The lowest BCUT2D eigenvalue weighted by Crippen LogP contribution is -2.07. The maximum atomic E-state index is 5.98. The summed E-state index contributed by atoms with van der Waals surface area (Å²) < 4.78 is 11.4. The molecule has 0 amide bonds. The van der Waals surface area contributed by atoms with Crippen LogP contribution in [-0.4, -0.2) is 13.2 Å². The maximum Gasteiger partial charge on any atom is 0.123 e. The Hall–Kier alpha value is -1.71. The molecular formula is C17H20ClNO2. The predicted molar refractivity (Wildman–Crippen MR) is 86.1 cm³/mol. The summed E-state index contributed by atoms with van der Waals surface area (Å²) in [7, 11) is 0. The van der Waals surface area contributed by atoms with Gasteiger partial charge >= 0.3 is 0 Å². The van der Waals surface area contributed by atoms with Crippen LogP contribution in [0.3, 0.4) is 0 Å². The van der Waals surface area contributed by atoms with Crippen LogP contribution < -0.4 is 15.2 Å². The molecule has 3 nitrogen and oxygen atoms in total. The van der Waals surface area contributed by atoms with Gasteiger partial charge in [-0.05, 0) is 36.8 Å². The standard InChI is InChI=1S/C17H20ClNO2/c1-13-11-15(7-8-16(13)18)20-9-4-10-21-17-6-3-2-5-14(17)12-19/h2-3,5-8,11H,4,9-10,12,19H2,1H3. The molecule has 0 bridgehead atoms. The second-order valence-electron chi connectivity index (χ2n) is 4.77. The summed E-state index contributed by atoms with van der Waals surface area (Å²) in [5.41, 5.74) is 7.70. The lowest BCUT2D eigenvalue weighted by atomic mass is 10.2. The SMILES string of the molecule is Cc1cc(OCCCOc2ccccc2CN)ccc1Cl. The first-order valence-electron chi connectivity index (χ1n) is 7.00. The van der Waals surface area contributed by atoms with E-state index < -0.39 is 0 Å². The van der Waals surface area contributed by atoms with Crippen molar-refractivity contribution in [3.63, 3.8) is 0 Å². The number of hydrogen-bond donors (Lipinski definition) is 1. The first-order chi connectivity index (χ1) is 10.2. The molecule has 4 heteroatoms. The van der Waals surface area contributed by atoms with E-state index in [2.05, 4.69) is 0 Å². The molecule has 0 unspecified atom stereocenters. The van der Waals surface area contributed by atoms with Crippen molar-refractivity contribution in [2.24, 2.45) is 5.73 Å². The quantitative estimate of drug-likeness (QED) is 0.788. The maximum absolute atomic E-state index is 5.98. The molecule has 0 saturated heterocycles. The summed E-state index contributed by atoms with van der Waals surface area (Å²) in [6, 6.07) is 13.5. The minimum Gasteiger partial charge on any atom is -0.493 e. The Balaban J connectivity index is 1.73. The molecule has 0 aliphatic rings. The van der Waals surface area contributed by atoms with Gasteiger partial charge in [0.1, 0.15) is 11.5 Å². The zero-order valence-electron chi connectivity index (χ0n) is 12.1. The number of para-hydroxylation sites is 1. The van der Waals surface area contributed by atoms with Crippen LogP contribution in [-0.2, 0) is 6.54 Å². The highest BCUT2D eigenvalue weighted by molar-refractivity contribution is 6.31. The van der Waals surface area contributed by atoms with Crippen molar-refractivity contribution in [2.75, 3.05) is 13.2 Å². The lowest BCUT2D eigenvalue weighted by molar-refractivity contribution is 0.246. The molecule has 0 fully saturated rings. The molecule has 0 heterocycles. The Labute approximate surface area is 130 Å². The molecule has 0 saturated carbocycles. The minimum atomic E-state index is 0.483. The lowest BCUT2D eigenvalue weighted by Gasteiger charge is -2.11. The van der Waals surface area contributed by atoms with Gasteiger partial charge in [-0.25, -0.2) is 0 Å². The summed E-state index contributed by atoms with van der Waals surface area (Å²) in [5, 5.41) is 0.754. The normalized spacial score (nSPS) is 10.4. The van der Waals surface area contributed by atoms with Gasteiger partial charge in [0, 0.05) is 23.6 Å². The fourth-order valence-corrected chi connectivity index (χ4v) is 2.07. The number of ether oxygens (including phenoxy) is 2. The van der Waals surface area contributed by atoms with E-state index in [1.807, 2.05) is 49.4 Å². The van der Waals surface area contributed by atoms with Crippen LogP contribution in [0, 0.1) is 6.92 Å². The third-order valence-corrected chi connectivity index (χ3v) is 3.56. The molecule has 2 N–H and O–H groups in total. The fraction of sp³-hybridized carbons (Fsp3) is 0.294. The molecule has 0 spiro atoms. The van der Waals surface area contributed by atoms with Gasteiger partial charge in [0.2, 0.25) is 0 Å². The van der Waals surface area contributed by atoms with E-state index in [9.17, 15) is 0 Å². The van der Waals surface area contributed by atoms with Gasteiger partial charge in [-0.1, -0.05) is 29.8 Å². The van der Waals surface area contributed by atoms with Crippen LogP contribution in [0.4, 0.5) is 0 Å². The molecular weight excluding hydrogens is 286 g/mol. The number of benzene rings is 2. The molecule has 0 aliphatic carbocycles. The smallest absolute Gasteiger partial charge is 0.123 e. The minimum absolute atomic E-state index is 0.483. The highest BCUT2D eigenvalue weighted by Gasteiger charge is 2.01. The van der Waals surface area contributed by atoms with E-state index in [-0.39, 0.29) is 0 Å². The van der Waals surface area contributed by atoms with E-state index in [4.69, 9.17) is 26.8 Å². The van der Waals surface area contributed by atoms with Crippen molar-refractivity contribution in [1.29, 1.82) is 0 Å². The average Bonchev–Trinajstić information content (AvgIpc) is 2.51. The summed E-state index contributed by atoms with van der Waals surface area (Å²) in [6.07, 6.45) is 0.806. The second kappa shape index (κ2) is 7.91. The Bertz CT molecular complexity index is 587. The van der Waals surface area contributed by atoms with Crippen molar-refractivity contribution in [2.45, 2.75) is 19.9 Å². The average molecular weight is 306 g/mol. The third-order valence-electron chi connectivity index (χ3n) is 3.14. The molecule has 2 aromatic rings. The second-order valence-corrected chi connectivity index (χ2v) is 5.18. The molecule has 21 heavy (non-hydrogen) atoms. The first-order valence-corrected chi connectivity index (χ1v) is 7.38. The summed E-state index contributed by atoms with van der Waals surface area (Å²) in [4.78, 5) is 0. The highest BCUT2D eigenvalue weighted by atomic mass is 35.5. The van der Waals surface area contributed by atoms with Crippen LogP contribution >= 0.6 is 11.6 Å². The van der Waals surface area contributed by atoms with Crippen molar-refractivity contribution in [3.05, 3.63) is 58.6 Å². The fourth-order valence-electron chi connectivity index (χ4n) is 1.95. The molecule has 0 aliphatic heterocycles. The van der Waals surface area contributed by atoms with E-state index in [1.54, 1.807) is 0 Å². The van der Waals surface area contributed by atoms with E-state index >= 15 is 0 Å². The van der Waals surface area contributed by atoms with Crippen LogP contribution in [0.2, 0.25) is 5.02 Å². The zero-order valence-corrected chi connectivity index (χ0v) is 12.9. The van der Waals surface area contributed by atoms with E-state index in [0.717, 1.165) is 34.1 Å². The van der Waals surface area contributed by atoms with Gasteiger partial charge in [0.15, 0.2) is 0 Å². The summed E-state index contributed by atoms with van der Waals surface area (Å²) >= 11 is 5.98. The van der Waals surface area contributed by atoms with Gasteiger partial charge in [-0.3, -0.25) is 0 Å². The Morgan fingerprint density at radius 2 is 1.81 bits per heavy atom. The Morgan fingerprint density at radius 3 is 2.57 bits per heavy atom. The van der Waals surface area contributed by atoms with E-state index in [0.29, 0.717) is 19.8 Å². The van der Waals surface area contributed by atoms with Gasteiger partial charge in [0.05, 0.1) is 13.2 Å². The van der Waals surface area contributed by atoms with Crippen LogP contribution in [0.1, 0.15) is 17.5 Å². The predicted octanol–water partition coefficient (Wildman–Crippen LogP) is 3.96. The molecule has 2 aromatic carbocycles. The zero-order chi connectivity index (χ0) is 15.1. The van der Waals surface area contributed by atoms with E-state index in [1.165, 1.54) is 0 Å². The topological polar surface area (TPSA) is 44.5 Å². The van der Waals surface area contributed by atoms with Gasteiger partial charge in [0.25, 0.3) is 0 Å². The van der Waals surface area contributed by atoms with Crippen LogP contribution in [0.25, 0.3) is 0 Å². The number of halogens is 1. The Kier molecular flexibility index (Phi) is 5.90. The molecule has 0 radical (unpaired) electrons. The first kappa shape index (κ1) is 15.7. The van der Waals surface area contributed by atoms with Crippen molar-refractivity contribution < 1.29 is 9.47 Å². The van der Waals surface area contributed by atoms with Gasteiger partial charge < -0.3 is 15.2 Å². The molecule has 0 aromatic heterocycles. The summed E-state index contributed by atoms with van der Waals surface area (Å²) in [5.74, 6) is 1.68. The summed E-state index contributed by atoms with van der Waals surface area (Å²) in [6.45, 7) is 3.65. The number of rotatable bonds is 7. The largest absolute Gasteiger partial charge is 0.493 e. The monoisotopic (exact) mass is 305 g/mol. The molecule has 2 rings (SSSR count). The van der Waals surface area contributed by atoms with Crippen molar-refractivity contribution in [1.82, 2.24) is 0 Å². The van der Waals surface area contributed by atoms with Crippen LogP contribution in [0.5, 0.6) is 11.5 Å². The molecule has 112 valence electrons. The van der Waals surface area contributed by atoms with Crippen LogP contribution in [0.15, 0.2) is 42.5 Å². The number of hydrogen-bond acceptors (Lipinski definition) is 3. The van der Waals surface area contributed by atoms with Gasteiger partial charge in [-0.2, -0.15) is 0 Å². The number of nitrogens with two attached hydrogens (primary N) is 1. The van der Waals surface area contributed by atoms with Crippen molar-refractivity contribution >= 4 is 11.6 Å². The Morgan fingerprint density at radius 1 is 1.05 bits per heavy atom.